The van der Waals surface area contributed by atoms with E-state index in [4.69, 9.17) is 4.74 Å². The number of rotatable bonds is 7. The van der Waals surface area contributed by atoms with E-state index in [0.717, 1.165) is 41.6 Å². The zero-order valence-corrected chi connectivity index (χ0v) is 20.1. The molecule has 0 radical (unpaired) electrons. The molecule has 0 atom stereocenters. The van der Waals surface area contributed by atoms with E-state index in [0.29, 0.717) is 17.9 Å². The zero-order chi connectivity index (χ0) is 23.9. The number of amides is 1. The van der Waals surface area contributed by atoms with E-state index in [1.807, 2.05) is 56.3 Å². The van der Waals surface area contributed by atoms with Gasteiger partial charge in [0.25, 0.3) is 10.0 Å². The lowest BCUT2D eigenvalue weighted by Crippen LogP contribution is -2.40. The van der Waals surface area contributed by atoms with Gasteiger partial charge in [-0.15, -0.1) is 0 Å². The highest BCUT2D eigenvalue weighted by atomic mass is 32.2. The van der Waals surface area contributed by atoms with Crippen LogP contribution < -0.4 is 14.8 Å². The fourth-order valence-corrected chi connectivity index (χ4v) is 6.03. The Labute approximate surface area is 200 Å². The molecule has 5 rings (SSSR count). The lowest BCUT2D eigenvalue weighted by atomic mass is 9.65. The highest BCUT2D eigenvalue weighted by molar-refractivity contribution is 7.92. The Morgan fingerprint density at radius 2 is 1.74 bits per heavy atom. The van der Waals surface area contributed by atoms with Crippen molar-refractivity contribution in [3.8, 4) is 5.75 Å². The first-order valence-corrected chi connectivity index (χ1v) is 13.1. The van der Waals surface area contributed by atoms with E-state index >= 15 is 0 Å². The number of fused-ring (bicyclic) bond motifs is 2. The summed E-state index contributed by atoms with van der Waals surface area (Å²) in [5, 5.41) is 3.10. The molecule has 1 fully saturated rings. The summed E-state index contributed by atoms with van der Waals surface area (Å²) in [4.78, 5) is 13.0. The molecule has 1 aliphatic carbocycles. The van der Waals surface area contributed by atoms with E-state index in [2.05, 4.69) is 10.0 Å². The number of sulfonamides is 1. The van der Waals surface area contributed by atoms with Crippen LogP contribution in [0.5, 0.6) is 5.75 Å². The van der Waals surface area contributed by atoms with Gasteiger partial charge in [0.05, 0.1) is 11.5 Å². The fraction of sp³-hybridized carbons (Fsp3) is 0.296. The average Bonchev–Trinajstić information content (AvgIpc) is 3.06. The van der Waals surface area contributed by atoms with Crippen molar-refractivity contribution in [2.24, 2.45) is 0 Å². The summed E-state index contributed by atoms with van der Waals surface area (Å²) in [5.74, 6) is 0.321. The van der Waals surface area contributed by atoms with Crippen LogP contribution >= 0.6 is 0 Å². The zero-order valence-electron chi connectivity index (χ0n) is 19.3. The molecule has 1 aliphatic heterocycles. The van der Waals surface area contributed by atoms with Gasteiger partial charge < -0.3 is 10.1 Å². The molecule has 1 heterocycles. The Bertz CT molecular complexity index is 1350. The van der Waals surface area contributed by atoms with Gasteiger partial charge in [-0.3, -0.25) is 9.52 Å². The molecule has 1 saturated carbocycles. The molecule has 0 saturated heterocycles. The van der Waals surface area contributed by atoms with Crippen molar-refractivity contribution in [3.05, 3.63) is 83.4 Å². The number of carbonyl (C=O) groups is 1. The second kappa shape index (κ2) is 8.47. The van der Waals surface area contributed by atoms with Gasteiger partial charge in [0, 0.05) is 11.4 Å². The van der Waals surface area contributed by atoms with Crippen molar-refractivity contribution in [1.82, 2.24) is 0 Å². The molecule has 2 aliphatic rings. The van der Waals surface area contributed by atoms with Crippen LogP contribution in [0.2, 0.25) is 0 Å². The second-order valence-electron chi connectivity index (χ2n) is 9.33. The number of hydrogen-bond donors (Lipinski definition) is 2. The highest BCUT2D eigenvalue weighted by Crippen LogP contribution is 2.53. The lowest BCUT2D eigenvalue weighted by molar-refractivity contribution is -0.123. The van der Waals surface area contributed by atoms with Crippen LogP contribution in [0.25, 0.3) is 0 Å². The Balaban J connectivity index is 1.57. The van der Waals surface area contributed by atoms with E-state index in [1.165, 1.54) is 6.07 Å². The van der Waals surface area contributed by atoms with Crippen molar-refractivity contribution in [1.29, 1.82) is 0 Å². The van der Waals surface area contributed by atoms with E-state index in [9.17, 15) is 13.2 Å². The quantitative estimate of drug-likeness (QED) is 0.488. The summed E-state index contributed by atoms with van der Waals surface area (Å²) in [6.45, 7) is 3.71. The number of ether oxygens (including phenoxy) is 1. The maximum atomic E-state index is 13.4. The molecule has 1 amide bonds. The van der Waals surface area contributed by atoms with Gasteiger partial charge >= 0.3 is 0 Å². The molecular weight excluding hydrogens is 448 g/mol. The third-order valence-corrected chi connectivity index (χ3v) is 8.03. The first kappa shape index (κ1) is 22.5. The summed E-state index contributed by atoms with van der Waals surface area (Å²) in [6.07, 6.45) is 2.96. The van der Waals surface area contributed by atoms with Gasteiger partial charge in [-0.25, -0.2) is 8.42 Å². The molecule has 3 aromatic rings. The Morgan fingerprint density at radius 3 is 2.41 bits per heavy atom. The van der Waals surface area contributed by atoms with Gasteiger partial charge in [-0.2, -0.15) is 0 Å². The van der Waals surface area contributed by atoms with Crippen molar-refractivity contribution in [2.45, 2.75) is 55.9 Å². The summed E-state index contributed by atoms with van der Waals surface area (Å²) in [6, 6.07) is 20.2. The maximum Gasteiger partial charge on any atom is 0.265 e. The minimum Gasteiger partial charge on any atom is -0.490 e. The average molecular weight is 477 g/mol. The van der Waals surface area contributed by atoms with Crippen molar-refractivity contribution < 1.29 is 17.9 Å². The first-order valence-electron chi connectivity index (χ1n) is 11.6. The monoisotopic (exact) mass is 476 g/mol. The molecule has 6 nitrogen and oxygen atoms in total. The van der Waals surface area contributed by atoms with Crippen LogP contribution in [0, 0.1) is 0 Å². The number of para-hydroxylation sites is 1. The number of benzene rings is 3. The number of nitrogens with one attached hydrogen (secondary N) is 2. The molecule has 7 heteroatoms. The third kappa shape index (κ3) is 3.94. The van der Waals surface area contributed by atoms with Gasteiger partial charge in [-0.05, 0) is 74.1 Å². The van der Waals surface area contributed by atoms with Crippen molar-refractivity contribution in [2.75, 3.05) is 10.0 Å². The predicted octanol–water partition coefficient (Wildman–Crippen LogP) is 5.24. The topological polar surface area (TPSA) is 84.5 Å². The number of anilines is 2. The molecule has 34 heavy (non-hydrogen) atoms. The summed E-state index contributed by atoms with van der Waals surface area (Å²) >= 11 is 0. The first-order chi connectivity index (χ1) is 16.3. The molecule has 3 aromatic carbocycles. The number of hydrogen-bond acceptors (Lipinski definition) is 4. The summed E-state index contributed by atoms with van der Waals surface area (Å²) < 4.78 is 35.3. The summed E-state index contributed by atoms with van der Waals surface area (Å²) in [7, 11) is -3.92. The second-order valence-corrected chi connectivity index (χ2v) is 11.0. The fourth-order valence-electron chi connectivity index (χ4n) is 4.86. The van der Waals surface area contributed by atoms with Crippen LogP contribution in [0.15, 0.2) is 71.6 Å². The van der Waals surface area contributed by atoms with Gasteiger partial charge in [0.15, 0.2) is 0 Å². The number of carbonyl (C=O) groups excluding carboxylic acids is 1. The van der Waals surface area contributed by atoms with Crippen molar-refractivity contribution in [3.63, 3.8) is 0 Å². The van der Waals surface area contributed by atoms with Gasteiger partial charge in [0.1, 0.15) is 10.6 Å². The summed E-state index contributed by atoms with van der Waals surface area (Å²) in [5.41, 5.74) is 3.59. The smallest absolute Gasteiger partial charge is 0.265 e. The molecule has 0 bridgehead atoms. The van der Waals surface area contributed by atoms with E-state index < -0.39 is 15.4 Å². The molecular formula is C27H28N2O4S. The standard InChI is InChI=1S/C27H28N2O4S/c1-18(2)33-23-11-6-7-12-24(23)34(31,32)29-21-16-20(15-19-9-4-3-5-10-19)25-22(17-21)27(13-8-14-27)26(30)28-25/h3-7,9-12,16-18,29H,8,13-15H2,1-2H3,(H,28,30). The molecule has 0 unspecified atom stereocenters. The molecule has 2 N–H and O–H groups in total. The third-order valence-electron chi connectivity index (χ3n) is 6.61. The van der Waals surface area contributed by atoms with Crippen LogP contribution in [-0.2, 0) is 26.7 Å². The Morgan fingerprint density at radius 1 is 1.03 bits per heavy atom. The van der Waals surface area contributed by atoms with Gasteiger partial charge in [0.2, 0.25) is 5.91 Å². The molecule has 176 valence electrons. The van der Waals surface area contributed by atoms with Crippen LogP contribution in [0.1, 0.15) is 49.8 Å². The Hall–Kier alpha value is -3.32. The molecule has 1 spiro atoms. The minimum absolute atomic E-state index is 0.0127. The van der Waals surface area contributed by atoms with Crippen LogP contribution in [-0.4, -0.2) is 20.4 Å². The highest BCUT2D eigenvalue weighted by Gasteiger charge is 2.51. The predicted molar refractivity (Wildman–Crippen MR) is 133 cm³/mol. The normalized spacial score (nSPS) is 16.1. The van der Waals surface area contributed by atoms with Crippen LogP contribution in [0.3, 0.4) is 0 Å². The van der Waals surface area contributed by atoms with E-state index in [-0.39, 0.29) is 16.9 Å². The lowest BCUT2D eigenvalue weighted by Gasteiger charge is -2.36. The maximum absolute atomic E-state index is 13.4. The Kier molecular flexibility index (Phi) is 5.60. The van der Waals surface area contributed by atoms with Crippen molar-refractivity contribution >= 4 is 27.3 Å². The SMILES string of the molecule is CC(C)Oc1ccccc1S(=O)(=O)Nc1cc(Cc2ccccc2)c2c(c1)C1(CCC1)C(=O)N2. The van der Waals surface area contributed by atoms with Gasteiger partial charge in [-0.1, -0.05) is 48.9 Å². The van der Waals surface area contributed by atoms with Crippen LogP contribution in [0.4, 0.5) is 11.4 Å². The minimum atomic E-state index is -3.92. The van der Waals surface area contributed by atoms with E-state index in [1.54, 1.807) is 18.2 Å². The largest absolute Gasteiger partial charge is 0.490 e. The molecule has 0 aromatic heterocycles.